The number of hydrogen-bond acceptors (Lipinski definition) is 3. The van der Waals surface area contributed by atoms with Crippen LogP contribution in [0.2, 0.25) is 0 Å². The fraction of sp³-hybridized carbons (Fsp3) is 0.500. The highest BCUT2D eigenvalue weighted by atomic mass is 16.4. The number of carboxylic acids is 1. The lowest BCUT2D eigenvalue weighted by Gasteiger charge is -2.36. The predicted octanol–water partition coefficient (Wildman–Crippen LogP) is 2.38. The Bertz CT molecular complexity index is 470. The van der Waals surface area contributed by atoms with E-state index in [9.17, 15) is 9.59 Å². The maximum Gasteiger partial charge on any atom is 0.319 e. The highest BCUT2D eigenvalue weighted by Gasteiger charge is 2.35. The van der Waals surface area contributed by atoms with E-state index in [1.165, 1.54) is 0 Å². The summed E-state index contributed by atoms with van der Waals surface area (Å²) in [5, 5.41) is 14.6. The summed E-state index contributed by atoms with van der Waals surface area (Å²) in [4.78, 5) is 27.0. The van der Waals surface area contributed by atoms with Crippen molar-refractivity contribution in [3.63, 3.8) is 0 Å². The second-order valence-corrected chi connectivity index (χ2v) is 5.23. The molecule has 1 aromatic heterocycles. The van der Waals surface area contributed by atoms with Crippen molar-refractivity contribution < 1.29 is 14.7 Å². The number of carbonyl (C=O) groups excluding carboxylic acids is 1. The zero-order chi connectivity index (χ0) is 14.4. The number of aromatic nitrogens is 1. The average molecular weight is 277 g/mol. The Balaban J connectivity index is 2.00. The van der Waals surface area contributed by atoms with Gasteiger partial charge in [-0.2, -0.15) is 0 Å². The van der Waals surface area contributed by atoms with Crippen molar-refractivity contribution in [2.45, 2.75) is 44.1 Å². The van der Waals surface area contributed by atoms with Gasteiger partial charge in [-0.05, 0) is 25.0 Å². The highest BCUT2D eigenvalue weighted by Crippen LogP contribution is 2.31. The van der Waals surface area contributed by atoms with Crippen LogP contribution in [0.5, 0.6) is 0 Å². The van der Waals surface area contributed by atoms with Crippen LogP contribution in [0.4, 0.5) is 10.5 Å². The van der Waals surface area contributed by atoms with Crippen molar-refractivity contribution in [1.29, 1.82) is 0 Å². The molecular weight excluding hydrogens is 258 g/mol. The van der Waals surface area contributed by atoms with Crippen LogP contribution in [0.15, 0.2) is 24.5 Å². The molecule has 0 aromatic carbocycles. The molecule has 0 atom stereocenters. The first-order valence-electron chi connectivity index (χ1n) is 6.81. The van der Waals surface area contributed by atoms with Crippen LogP contribution in [0.3, 0.4) is 0 Å². The average Bonchev–Trinajstić information content (AvgIpc) is 2.39. The molecule has 0 aliphatic heterocycles. The summed E-state index contributed by atoms with van der Waals surface area (Å²) in [6.07, 6.45) is 7.53. The van der Waals surface area contributed by atoms with E-state index in [0.717, 1.165) is 19.3 Å². The zero-order valence-electron chi connectivity index (χ0n) is 11.3. The van der Waals surface area contributed by atoms with Gasteiger partial charge >= 0.3 is 12.0 Å². The van der Waals surface area contributed by atoms with Gasteiger partial charge in [-0.15, -0.1) is 0 Å². The molecule has 3 N–H and O–H groups in total. The fourth-order valence-corrected chi connectivity index (χ4v) is 2.70. The Labute approximate surface area is 117 Å². The third-order valence-corrected chi connectivity index (χ3v) is 3.60. The minimum atomic E-state index is -0.881. The van der Waals surface area contributed by atoms with Crippen molar-refractivity contribution >= 4 is 17.7 Å². The Morgan fingerprint density at radius 3 is 2.65 bits per heavy atom. The molecule has 1 heterocycles. The lowest BCUT2D eigenvalue weighted by molar-refractivity contribution is -0.138. The Morgan fingerprint density at radius 2 is 2.05 bits per heavy atom. The standard InChI is InChI=1S/C14H19N3O3/c18-12(19)9-14(6-2-1-3-7-14)17-13(20)16-11-5-4-8-15-10-11/h4-5,8,10H,1-3,6-7,9H2,(H,18,19)(H2,16,17,20). The van der Waals surface area contributed by atoms with Crippen molar-refractivity contribution in [2.75, 3.05) is 5.32 Å². The van der Waals surface area contributed by atoms with Crippen LogP contribution in [0, 0.1) is 0 Å². The van der Waals surface area contributed by atoms with Gasteiger partial charge in [0.05, 0.1) is 23.8 Å². The van der Waals surface area contributed by atoms with Gasteiger partial charge in [0.25, 0.3) is 0 Å². The monoisotopic (exact) mass is 277 g/mol. The largest absolute Gasteiger partial charge is 0.481 e. The molecule has 6 nitrogen and oxygen atoms in total. The van der Waals surface area contributed by atoms with Gasteiger partial charge in [0.2, 0.25) is 0 Å². The van der Waals surface area contributed by atoms with Crippen molar-refractivity contribution in [3.05, 3.63) is 24.5 Å². The minimum Gasteiger partial charge on any atom is -0.481 e. The third kappa shape index (κ3) is 3.94. The SMILES string of the molecule is O=C(O)CC1(NC(=O)Nc2cccnc2)CCCCC1. The molecule has 1 aromatic rings. The summed E-state index contributed by atoms with van der Waals surface area (Å²) >= 11 is 0. The minimum absolute atomic E-state index is 0.0343. The molecule has 1 aliphatic carbocycles. The maximum atomic E-state index is 12.0. The van der Waals surface area contributed by atoms with Gasteiger partial charge < -0.3 is 15.7 Å². The molecule has 0 radical (unpaired) electrons. The number of urea groups is 1. The molecule has 1 saturated carbocycles. The first kappa shape index (κ1) is 14.3. The number of nitrogens with one attached hydrogen (secondary N) is 2. The smallest absolute Gasteiger partial charge is 0.319 e. The number of nitrogens with zero attached hydrogens (tertiary/aromatic N) is 1. The summed E-state index contributed by atoms with van der Waals surface area (Å²) in [5.74, 6) is -0.881. The first-order valence-corrected chi connectivity index (χ1v) is 6.81. The van der Waals surface area contributed by atoms with Gasteiger partial charge in [0.15, 0.2) is 0 Å². The maximum absolute atomic E-state index is 12.0. The van der Waals surface area contributed by atoms with E-state index in [2.05, 4.69) is 15.6 Å². The summed E-state index contributed by atoms with van der Waals surface area (Å²) < 4.78 is 0. The number of amides is 2. The van der Waals surface area contributed by atoms with Crippen LogP contribution in [0.25, 0.3) is 0 Å². The molecule has 6 heteroatoms. The molecule has 2 amide bonds. The number of aliphatic carboxylic acids is 1. The van der Waals surface area contributed by atoms with E-state index in [1.54, 1.807) is 24.5 Å². The van der Waals surface area contributed by atoms with Crippen molar-refractivity contribution in [1.82, 2.24) is 10.3 Å². The lowest BCUT2D eigenvalue weighted by atomic mass is 9.79. The molecule has 108 valence electrons. The van der Waals surface area contributed by atoms with Crippen molar-refractivity contribution in [2.24, 2.45) is 0 Å². The third-order valence-electron chi connectivity index (χ3n) is 3.60. The summed E-state index contributed by atoms with van der Waals surface area (Å²) in [6, 6.07) is 3.08. The molecule has 0 unspecified atom stereocenters. The van der Waals surface area contributed by atoms with Crippen LogP contribution in [0.1, 0.15) is 38.5 Å². The topological polar surface area (TPSA) is 91.3 Å². The molecule has 1 aliphatic rings. The van der Waals surface area contributed by atoms with Crippen LogP contribution >= 0.6 is 0 Å². The van der Waals surface area contributed by atoms with E-state index in [0.29, 0.717) is 18.5 Å². The van der Waals surface area contributed by atoms with Gasteiger partial charge in [-0.25, -0.2) is 4.79 Å². The van der Waals surface area contributed by atoms with Crippen LogP contribution < -0.4 is 10.6 Å². The number of anilines is 1. The molecule has 0 saturated heterocycles. The van der Waals surface area contributed by atoms with E-state index < -0.39 is 11.5 Å². The molecule has 20 heavy (non-hydrogen) atoms. The van der Waals surface area contributed by atoms with Gasteiger partial charge in [0, 0.05) is 6.20 Å². The zero-order valence-corrected chi connectivity index (χ0v) is 11.3. The summed E-state index contributed by atoms with van der Waals surface area (Å²) in [5.41, 5.74) is -0.0394. The second kappa shape index (κ2) is 6.36. The number of hydrogen-bond donors (Lipinski definition) is 3. The van der Waals surface area contributed by atoms with Crippen LogP contribution in [-0.4, -0.2) is 27.6 Å². The summed E-state index contributed by atoms with van der Waals surface area (Å²) in [6.45, 7) is 0. The Hall–Kier alpha value is -2.11. The van der Waals surface area contributed by atoms with Gasteiger partial charge in [0.1, 0.15) is 0 Å². The summed E-state index contributed by atoms with van der Waals surface area (Å²) in [7, 11) is 0. The first-order chi connectivity index (χ1) is 9.60. The fourth-order valence-electron chi connectivity index (χ4n) is 2.70. The Morgan fingerprint density at radius 1 is 1.30 bits per heavy atom. The Kier molecular flexibility index (Phi) is 4.55. The molecule has 1 fully saturated rings. The quantitative estimate of drug-likeness (QED) is 0.788. The normalized spacial score (nSPS) is 17.2. The van der Waals surface area contributed by atoms with Gasteiger partial charge in [-0.1, -0.05) is 19.3 Å². The van der Waals surface area contributed by atoms with E-state index in [1.807, 2.05) is 0 Å². The lowest BCUT2D eigenvalue weighted by Crippen LogP contribution is -2.52. The molecule has 0 spiro atoms. The highest BCUT2D eigenvalue weighted by molar-refractivity contribution is 5.90. The molecule has 0 bridgehead atoms. The van der Waals surface area contributed by atoms with Crippen molar-refractivity contribution in [3.8, 4) is 0 Å². The van der Waals surface area contributed by atoms with E-state index in [-0.39, 0.29) is 12.5 Å². The van der Waals surface area contributed by atoms with Gasteiger partial charge in [-0.3, -0.25) is 9.78 Å². The molecular formula is C14H19N3O3. The predicted molar refractivity (Wildman–Crippen MR) is 74.5 cm³/mol. The number of rotatable bonds is 4. The number of pyridine rings is 1. The second-order valence-electron chi connectivity index (χ2n) is 5.23. The number of carbonyl (C=O) groups is 2. The molecule has 2 rings (SSSR count). The van der Waals surface area contributed by atoms with E-state index >= 15 is 0 Å². The number of carboxylic acid groups (broad SMARTS) is 1. The van der Waals surface area contributed by atoms with E-state index in [4.69, 9.17) is 5.11 Å². The van der Waals surface area contributed by atoms with Crippen LogP contribution in [-0.2, 0) is 4.79 Å².